The van der Waals surface area contributed by atoms with Crippen molar-refractivity contribution < 1.29 is 24.5 Å². The van der Waals surface area contributed by atoms with Gasteiger partial charge in [0.1, 0.15) is 0 Å². The first-order valence-corrected chi connectivity index (χ1v) is 4.16. The molecule has 0 heterocycles. The molecule has 0 rings (SSSR count). The Morgan fingerprint density at radius 1 is 1.50 bits per heavy atom. The molecule has 1 unspecified atom stereocenters. The number of carboxylic acids is 1. The Hall–Kier alpha value is -1.30. The molecule has 0 fully saturated rings. The second-order valence-electron chi connectivity index (χ2n) is 3.39. The van der Waals surface area contributed by atoms with E-state index in [4.69, 9.17) is 5.11 Å². The maximum atomic E-state index is 10.9. The van der Waals surface area contributed by atoms with Crippen LogP contribution in [0.15, 0.2) is 0 Å². The maximum Gasteiger partial charge on any atom is 0.407 e. The van der Waals surface area contributed by atoms with Crippen molar-refractivity contribution in [2.75, 3.05) is 6.54 Å². The topological polar surface area (TPSA) is 95.9 Å². The largest absolute Gasteiger partial charge is 0.479 e. The summed E-state index contributed by atoms with van der Waals surface area (Å²) in [4.78, 5) is 21.3. The zero-order chi connectivity index (χ0) is 11.4. The number of hydrogen-bond donors (Lipinski definition) is 3. The molecule has 1 atom stereocenters. The first kappa shape index (κ1) is 12.7. The Morgan fingerprint density at radius 2 is 2.00 bits per heavy atom. The average Bonchev–Trinajstić information content (AvgIpc) is 1.99. The molecule has 0 aliphatic rings. The summed E-state index contributed by atoms with van der Waals surface area (Å²) in [5.74, 6) is -1.40. The van der Waals surface area contributed by atoms with E-state index in [9.17, 15) is 14.7 Å². The molecule has 3 N–H and O–H groups in total. The second kappa shape index (κ2) is 4.80. The van der Waals surface area contributed by atoms with Gasteiger partial charge in [0.05, 0.1) is 12.6 Å². The third-order valence-electron chi connectivity index (χ3n) is 1.38. The molecule has 0 aromatic heterocycles. The fourth-order valence-corrected chi connectivity index (χ4v) is 0.576. The zero-order valence-electron chi connectivity index (χ0n) is 8.40. The summed E-state index contributed by atoms with van der Waals surface area (Å²) < 4.78 is 4.67. The van der Waals surface area contributed by atoms with E-state index in [1.807, 2.05) is 0 Å². The van der Waals surface area contributed by atoms with E-state index in [0.29, 0.717) is 0 Å². The van der Waals surface area contributed by atoms with Gasteiger partial charge in [0.15, 0.2) is 5.60 Å². The quantitative estimate of drug-likeness (QED) is 0.598. The van der Waals surface area contributed by atoms with E-state index in [2.05, 4.69) is 10.1 Å². The number of hydrogen-bond acceptors (Lipinski definition) is 4. The molecule has 6 heteroatoms. The van der Waals surface area contributed by atoms with Crippen molar-refractivity contribution in [3.63, 3.8) is 0 Å². The van der Waals surface area contributed by atoms with Crippen LogP contribution in [-0.4, -0.2) is 40.5 Å². The Labute approximate surface area is 81.9 Å². The number of carbonyl (C=O) groups is 2. The van der Waals surface area contributed by atoms with Gasteiger partial charge in [-0.2, -0.15) is 0 Å². The molecule has 0 saturated carbocycles. The minimum Gasteiger partial charge on any atom is -0.479 e. The first-order valence-electron chi connectivity index (χ1n) is 4.16. The van der Waals surface area contributed by atoms with Gasteiger partial charge in [-0.25, -0.2) is 9.59 Å². The number of nitrogens with one attached hydrogen (secondary N) is 1. The van der Waals surface area contributed by atoms with Gasteiger partial charge in [0.25, 0.3) is 0 Å². The van der Waals surface area contributed by atoms with Crippen molar-refractivity contribution in [2.45, 2.75) is 32.5 Å². The monoisotopic (exact) mass is 205 g/mol. The molecule has 0 spiro atoms. The Morgan fingerprint density at radius 3 is 2.36 bits per heavy atom. The number of carboxylic acid groups (broad SMARTS) is 1. The number of aliphatic carboxylic acids is 1. The minimum absolute atomic E-state index is 0.287. The van der Waals surface area contributed by atoms with Crippen molar-refractivity contribution in [1.29, 1.82) is 0 Å². The summed E-state index contributed by atoms with van der Waals surface area (Å²) in [7, 11) is 0. The molecule has 0 radical (unpaired) electrons. The minimum atomic E-state index is -1.98. The lowest BCUT2D eigenvalue weighted by molar-refractivity contribution is -0.155. The fraction of sp³-hybridized carbons (Fsp3) is 0.750. The third-order valence-corrected chi connectivity index (χ3v) is 1.38. The Kier molecular flexibility index (Phi) is 4.36. The fourth-order valence-electron chi connectivity index (χ4n) is 0.576. The highest BCUT2D eigenvalue weighted by Gasteiger charge is 2.30. The first-order chi connectivity index (χ1) is 6.25. The molecule has 14 heavy (non-hydrogen) atoms. The molecule has 0 aliphatic heterocycles. The number of alkyl carbamates (subject to hydrolysis) is 1. The van der Waals surface area contributed by atoms with Crippen LogP contribution in [0.1, 0.15) is 20.8 Å². The normalized spacial score (nSPS) is 14.6. The molecule has 0 aliphatic carbocycles. The van der Waals surface area contributed by atoms with Gasteiger partial charge < -0.3 is 20.3 Å². The van der Waals surface area contributed by atoms with Crippen LogP contribution in [0.3, 0.4) is 0 Å². The number of amides is 1. The Bertz CT molecular complexity index is 224. The molecule has 0 aromatic carbocycles. The number of carbonyl (C=O) groups excluding carboxylic acids is 1. The van der Waals surface area contributed by atoms with Gasteiger partial charge in [-0.05, 0) is 20.8 Å². The van der Waals surface area contributed by atoms with Crippen molar-refractivity contribution >= 4 is 12.1 Å². The summed E-state index contributed by atoms with van der Waals surface area (Å²) >= 11 is 0. The zero-order valence-corrected chi connectivity index (χ0v) is 8.40. The highest BCUT2D eigenvalue weighted by atomic mass is 16.6. The van der Waals surface area contributed by atoms with Crippen LogP contribution < -0.4 is 5.32 Å². The lowest BCUT2D eigenvalue weighted by Gasteiger charge is -2.18. The Balaban J connectivity index is 3.94. The van der Waals surface area contributed by atoms with Gasteiger partial charge in [-0.3, -0.25) is 0 Å². The van der Waals surface area contributed by atoms with Gasteiger partial charge in [-0.1, -0.05) is 0 Å². The molecule has 0 saturated heterocycles. The molecule has 6 nitrogen and oxygen atoms in total. The van der Waals surface area contributed by atoms with Crippen molar-refractivity contribution in [3.8, 4) is 0 Å². The summed E-state index contributed by atoms with van der Waals surface area (Å²) in [5, 5.41) is 19.8. The van der Waals surface area contributed by atoms with E-state index in [0.717, 1.165) is 6.92 Å². The predicted molar refractivity (Wildman–Crippen MR) is 47.9 cm³/mol. The average molecular weight is 205 g/mol. The van der Waals surface area contributed by atoms with Crippen molar-refractivity contribution in [3.05, 3.63) is 0 Å². The summed E-state index contributed by atoms with van der Waals surface area (Å²) in [6.07, 6.45) is -1.04. The summed E-state index contributed by atoms with van der Waals surface area (Å²) in [6, 6.07) is 0. The van der Waals surface area contributed by atoms with Crippen LogP contribution in [0.4, 0.5) is 4.79 Å². The van der Waals surface area contributed by atoms with Crippen LogP contribution in [-0.2, 0) is 9.53 Å². The van der Waals surface area contributed by atoms with Gasteiger partial charge >= 0.3 is 12.1 Å². The van der Waals surface area contributed by atoms with Crippen LogP contribution in [0, 0.1) is 0 Å². The van der Waals surface area contributed by atoms with Crippen LogP contribution in [0.25, 0.3) is 0 Å². The van der Waals surface area contributed by atoms with E-state index in [1.165, 1.54) is 0 Å². The number of ether oxygens (including phenoxy) is 1. The maximum absolute atomic E-state index is 10.9. The SMILES string of the molecule is CC(C)OC(=O)NCC(C)(O)C(=O)O. The molecule has 82 valence electrons. The lowest BCUT2D eigenvalue weighted by Crippen LogP contribution is -2.46. The van der Waals surface area contributed by atoms with Crippen LogP contribution >= 0.6 is 0 Å². The molecule has 0 bridgehead atoms. The second-order valence-corrected chi connectivity index (χ2v) is 3.39. The standard InChI is InChI=1S/C8H15NO5/c1-5(2)14-7(12)9-4-8(3,13)6(10)11/h5,13H,4H2,1-3H3,(H,9,12)(H,10,11). The highest BCUT2D eigenvalue weighted by molar-refractivity contribution is 5.78. The number of rotatable bonds is 4. The summed E-state index contributed by atoms with van der Waals surface area (Å²) in [5.41, 5.74) is -1.98. The van der Waals surface area contributed by atoms with Gasteiger partial charge in [0.2, 0.25) is 0 Å². The van der Waals surface area contributed by atoms with Crippen molar-refractivity contribution in [1.82, 2.24) is 5.32 Å². The summed E-state index contributed by atoms with van der Waals surface area (Å²) in [6.45, 7) is 4.02. The van der Waals surface area contributed by atoms with Gasteiger partial charge in [0, 0.05) is 0 Å². The van der Waals surface area contributed by atoms with E-state index >= 15 is 0 Å². The highest BCUT2D eigenvalue weighted by Crippen LogP contribution is 2.01. The lowest BCUT2D eigenvalue weighted by atomic mass is 10.1. The van der Waals surface area contributed by atoms with Crippen LogP contribution in [0.5, 0.6) is 0 Å². The smallest absolute Gasteiger partial charge is 0.407 e. The molecular weight excluding hydrogens is 190 g/mol. The third kappa shape index (κ3) is 4.66. The van der Waals surface area contributed by atoms with E-state index in [1.54, 1.807) is 13.8 Å². The molecule has 0 aromatic rings. The molecular formula is C8H15NO5. The predicted octanol–water partition coefficient (Wildman–Crippen LogP) is -0.0434. The van der Waals surface area contributed by atoms with Gasteiger partial charge in [-0.15, -0.1) is 0 Å². The van der Waals surface area contributed by atoms with Crippen LogP contribution in [0.2, 0.25) is 0 Å². The number of aliphatic hydroxyl groups is 1. The van der Waals surface area contributed by atoms with Crippen molar-refractivity contribution in [2.24, 2.45) is 0 Å². The van der Waals surface area contributed by atoms with E-state index < -0.39 is 24.2 Å². The molecule has 1 amide bonds. The van der Waals surface area contributed by atoms with E-state index in [-0.39, 0.29) is 6.10 Å².